The summed E-state index contributed by atoms with van der Waals surface area (Å²) in [6.45, 7) is 0.162. The predicted octanol–water partition coefficient (Wildman–Crippen LogP) is 4.18. The minimum Gasteiger partial charge on any atom is -0.507 e. The molecule has 1 unspecified atom stereocenters. The van der Waals surface area contributed by atoms with E-state index in [9.17, 15) is 14.7 Å². The summed E-state index contributed by atoms with van der Waals surface area (Å²) in [5.41, 5.74) is 2.82. The smallest absolute Gasteiger partial charge is 0.296 e. The molecule has 1 aliphatic heterocycles. The largest absolute Gasteiger partial charge is 0.507 e. The molecule has 1 atom stereocenters. The fourth-order valence-electron chi connectivity index (χ4n) is 4.10. The number of aliphatic hydroxyl groups excluding tert-OH is 1. The molecule has 1 saturated heterocycles. The molecule has 2 aromatic heterocycles. The van der Waals surface area contributed by atoms with Gasteiger partial charge in [-0.1, -0.05) is 54.6 Å². The van der Waals surface area contributed by atoms with Gasteiger partial charge in [-0.3, -0.25) is 14.6 Å². The van der Waals surface area contributed by atoms with E-state index in [0.717, 1.165) is 16.5 Å². The summed E-state index contributed by atoms with van der Waals surface area (Å²) in [6.07, 6.45) is 3.31. The summed E-state index contributed by atoms with van der Waals surface area (Å²) >= 11 is 0. The molecule has 152 valence electrons. The number of ketones is 1. The molecule has 1 amide bonds. The number of H-pyrrole nitrogens is 1. The number of Topliss-reactive ketones (excluding diaryl/α,β-unsaturated/α-hetero) is 1. The van der Waals surface area contributed by atoms with Crippen LogP contribution in [-0.2, 0) is 16.1 Å². The van der Waals surface area contributed by atoms with E-state index in [4.69, 9.17) is 0 Å². The molecule has 0 radical (unpaired) electrons. The molecule has 6 heteroatoms. The molecule has 2 aromatic carbocycles. The van der Waals surface area contributed by atoms with Crippen molar-refractivity contribution >= 4 is 28.4 Å². The standard InChI is InChI=1S/C25H19N3O3/c29-23(19-14-27-20-12-5-4-11-18(19)20)21-22(16-8-2-1-3-9-16)28(25(31)24(21)30)15-17-10-6-7-13-26-17/h1-14,22,27,29H,15H2/b23-21-. The first-order valence-electron chi connectivity index (χ1n) is 9.95. The fraction of sp³-hybridized carbons (Fsp3) is 0.0800. The number of benzene rings is 2. The van der Waals surface area contributed by atoms with Gasteiger partial charge in [0, 0.05) is 28.9 Å². The van der Waals surface area contributed by atoms with Crippen LogP contribution in [0, 0.1) is 0 Å². The molecule has 1 aliphatic rings. The number of rotatable bonds is 4. The molecule has 4 aromatic rings. The quantitative estimate of drug-likeness (QED) is 0.301. The van der Waals surface area contributed by atoms with E-state index in [0.29, 0.717) is 11.3 Å². The number of carbonyl (C=O) groups is 2. The van der Waals surface area contributed by atoms with Gasteiger partial charge >= 0.3 is 0 Å². The summed E-state index contributed by atoms with van der Waals surface area (Å²) in [4.78, 5) is 35.0. The number of carbonyl (C=O) groups excluding carboxylic acids is 2. The number of pyridine rings is 1. The summed E-state index contributed by atoms with van der Waals surface area (Å²) in [6, 6.07) is 21.5. The average molecular weight is 409 g/mol. The van der Waals surface area contributed by atoms with Crippen LogP contribution in [0.5, 0.6) is 0 Å². The second-order valence-corrected chi connectivity index (χ2v) is 7.41. The van der Waals surface area contributed by atoms with Crippen molar-refractivity contribution in [2.45, 2.75) is 12.6 Å². The first-order chi connectivity index (χ1) is 15.1. The molecule has 2 N–H and O–H groups in total. The van der Waals surface area contributed by atoms with E-state index in [2.05, 4.69) is 9.97 Å². The highest BCUT2D eigenvalue weighted by Gasteiger charge is 2.46. The topological polar surface area (TPSA) is 86.3 Å². The lowest BCUT2D eigenvalue weighted by atomic mass is 9.95. The number of nitrogens with zero attached hydrogens (tertiary/aromatic N) is 2. The number of amides is 1. The molecule has 0 spiro atoms. The van der Waals surface area contributed by atoms with Gasteiger partial charge in [-0.2, -0.15) is 0 Å². The zero-order valence-corrected chi connectivity index (χ0v) is 16.5. The Balaban J connectivity index is 1.68. The Morgan fingerprint density at radius 3 is 2.48 bits per heavy atom. The van der Waals surface area contributed by atoms with Gasteiger partial charge in [-0.25, -0.2) is 0 Å². The molecule has 0 bridgehead atoms. The number of fused-ring (bicyclic) bond motifs is 1. The van der Waals surface area contributed by atoms with Crippen LogP contribution in [-0.4, -0.2) is 31.7 Å². The summed E-state index contributed by atoms with van der Waals surface area (Å²) in [7, 11) is 0. The van der Waals surface area contributed by atoms with Crippen LogP contribution in [0.3, 0.4) is 0 Å². The molecule has 0 saturated carbocycles. The fourth-order valence-corrected chi connectivity index (χ4v) is 4.10. The first kappa shape index (κ1) is 18.8. The second kappa shape index (κ2) is 7.57. The van der Waals surface area contributed by atoms with Crippen LogP contribution >= 0.6 is 0 Å². The van der Waals surface area contributed by atoms with Gasteiger partial charge in [0.15, 0.2) is 0 Å². The van der Waals surface area contributed by atoms with Crippen LogP contribution in [0.15, 0.2) is 90.8 Å². The molecular formula is C25H19N3O3. The highest BCUT2D eigenvalue weighted by Crippen LogP contribution is 2.41. The van der Waals surface area contributed by atoms with Crippen LogP contribution in [0.2, 0.25) is 0 Å². The highest BCUT2D eigenvalue weighted by atomic mass is 16.3. The third kappa shape index (κ3) is 3.18. The van der Waals surface area contributed by atoms with Gasteiger partial charge in [0.05, 0.1) is 23.9 Å². The van der Waals surface area contributed by atoms with Crippen molar-refractivity contribution in [1.29, 1.82) is 0 Å². The van der Waals surface area contributed by atoms with Crippen LogP contribution in [0.1, 0.15) is 22.9 Å². The monoisotopic (exact) mass is 409 g/mol. The molecule has 5 rings (SSSR count). The molecular weight excluding hydrogens is 390 g/mol. The molecule has 3 heterocycles. The maximum atomic E-state index is 13.1. The van der Waals surface area contributed by atoms with Crippen molar-refractivity contribution in [2.75, 3.05) is 0 Å². The van der Waals surface area contributed by atoms with Crippen molar-refractivity contribution < 1.29 is 14.7 Å². The van der Waals surface area contributed by atoms with E-state index in [1.165, 1.54) is 4.90 Å². The predicted molar refractivity (Wildman–Crippen MR) is 117 cm³/mol. The van der Waals surface area contributed by atoms with Gasteiger partial charge in [0.2, 0.25) is 0 Å². The Kier molecular flexibility index (Phi) is 4.59. The van der Waals surface area contributed by atoms with Crippen molar-refractivity contribution in [3.05, 3.63) is 108 Å². The normalized spacial score (nSPS) is 18.1. The van der Waals surface area contributed by atoms with E-state index in [-0.39, 0.29) is 17.9 Å². The Morgan fingerprint density at radius 1 is 0.968 bits per heavy atom. The summed E-state index contributed by atoms with van der Waals surface area (Å²) in [5.74, 6) is -1.54. The number of aliphatic hydroxyl groups is 1. The Bertz CT molecular complexity index is 1310. The highest BCUT2D eigenvalue weighted by molar-refractivity contribution is 6.46. The summed E-state index contributed by atoms with van der Waals surface area (Å²) < 4.78 is 0. The SMILES string of the molecule is O=C1C(=O)N(Cc2ccccn2)C(c2ccccc2)/C1=C(/O)c1c[nH]c2ccccc12. The van der Waals surface area contributed by atoms with E-state index >= 15 is 0 Å². The van der Waals surface area contributed by atoms with Gasteiger partial charge in [0.25, 0.3) is 11.7 Å². The van der Waals surface area contributed by atoms with Crippen molar-refractivity contribution in [1.82, 2.24) is 14.9 Å². The van der Waals surface area contributed by atoms with E-state index in [1.54, 1.807) is 24.5 Å². The first-order valence-corrected chi connectivity index (χ1v) is 9.95. The summed E-state index contributed by atoms with van der Waals surface area (Å²) in [5, 5.41) is 12.0. The lowest BCUT2D eigenvalue weighted by molar-refractivity contribution is -0.140. The Labute approximate surface area is 178 Å². The number of likely N-dealkylation sites (tertiary alicyclic amines) is 1. The minimum atomic E-state index is -0.711. The van der Waals surface area contributed by atoms with Crippen molar-refractivity contribution in [2.24, 2.45) is 0 Å². The average Bonchev–Trinajstić information content (AvgIpc) is 3.35. The zero-order chi connectivity index (χ0) is 21.4. The Morgan fingerprint density at radius 2 is 1.71 bits per heavy atom. The minimum absolute atomic E-state index is 0.0804. The number of nitrogens with one attached hydrogen (secondary N) is 1. The third-order valence-electron chi connectivity index (χ3n) is 5.56. The maximum Gasteiger partial charge on any atom is 0.296 e. The Hall–Kier alpha value is -4.19. The lowest BCUT2D eigenvalue weighted by Crippen LogP contribution is -2.29. The number of para-hydroxylation sites is 1. The second-order valence-electron chi connectivity index (χ2n) is 7.41. The van der Waals surface area contributed by atoms with Gasteiger partial charge < -0.3 is 15.0 Å². The molecule has 6 nitrogen and oxygen atoms in total. The van der Waals surface area contributed by atoms with Crippen LogP contribution < -0.4 is 0 Å². The lowest BCUT2D eigenvalue weighted by Gasteiger charge is -2.25. The van der Waals surface area contributed by atoms with Crippen LogP contribution in [0.4, 0.5) is 0 Å². The van der Waals surface area contributed by atoms with Crippen molar-refractivity contribution in [3.8, 4) is 0 Å². The van der Waals surface area contributed by atoms with Gasteiger partial charge in [-0.15, -0.1) is 0 Å². The van der Waals surface area contributed by atoms with E-state index in [1.807, 2.05) is 60.7 Å². The molecule has 0 aliphatic carbocycles. The van der Waals surface area contributed by atoms with E-state index < -0.39 is 17.7 Å². The zero-order valence-electron chi connectivity index (χ0n) is 16.5. The number of aromatic nitrogens is 2. The van der Waals surface area contributed by atoms with Gasteiger partial charge in [0.1, 0.15) is 5.76 Å². The number of hydrogen-bond acceptors (Lipinski definition) is 4. The van der Waals surface area contributed by atoms with Crippen LogP contribution in [0.25, 0.3) is 16.7 Å². The number of aromatic amines is 1. The van der Waals surface area contributed by atoms with Crippen molar-refractivity contribution in [3.63, 3.8) is 0 Å². The third-order valence-corrected chi connectivity index (χ3v) is 5.56. The maximum absolute atomic E-state index is 13.1. The molecule has 31 heavy (non-hydrogen) atoms. The molecule has 1 fully saturated rings. The number of hydrogen-bond donors (Lipinski definition) is 2. The van der Waals surface area contributed by atoms with Gasteiger partial charge in [-0.05, 0) is 23.8 Å².